The third-order valence-electron chi connectivity index (χ3n) is 4.04. The molecule has 1 aromatic rings. The molecule has 0 aromatic carbocycles. The quantitative estimate of drug-likeness (QED) is 0.908. The standard InChI is InChI=1S/C13H21N3OS/c1-14-10-4-3-5-11-12(10)15-13(18-11)16-7-6-9(8-16)17-2/h9-10,14H,3-8H2,1-2H3. The molecule has 3 rings (SSSR count). The zero-order valence-corrected chi connectivity index (χ0v) is 11.9. The molecule has 0 amide bonds. The topological polar surface area (TPSA) is 37.4 Å². The summed E-state index contributed by atoms with van der Waals surface area (Å²) in [6.45, 7) is 2.07. The number of methoxy groups -OCH3 is 1. The van der Waals surface area contributed by atoms with Gasteiger partial charge in [0.1, 0.15) is 0 Å². The second kappa shape index (κ2) is 5.15. The maximum atomic E-state index is 5.43. The van der Waals surface area contributed by atoms with E-state index in [1.807, 2.05) is 18.4 Å². The van der Waals surface area contributed by atoms with Gasteiger partial charge in [0.25, 0.3) is 0 Å². The number of fused-ring (bicyclic) bond motifs is 1. The minimum Gasteiger partial charge on any atom is -0.380 e. The molecule has 4 nitrogen and oxygen atoms in total. The van der Waals surface area contributed by atoms with Crippen LogP contribution in [0.2, 0.25) is 0 Å². The Hall–Kier alpha value is -0.650. The SMILES string of the molecule is CNC1CCCc2sc(N3CCC(OC)C3)nc21. The minimum absolute atomic E-state index is 0.381. The summed E-state index contributed by atoms with van der Waals surface area (Å²) in [6.07, 6.45) is 5.20. The molecule has 1 saturated heterocycles. The maximum absolute atomic E-state index is 5.43. The molecule has 1 aliphatic heterocycles. The summed E-state index contributed by atoms with van der Waals surface area (Å²) < 4.78 is 5.43. The van der Waals surface area contributed by atoms with Gasteiger partial charge in [-0.1, -0.05) is 0 Å². The largest absolute Gasteiger partial charge is 0.380 e. The van der Waals surface area contributed by atoms with Gasteiger partial charge in [-0.2, -0.15) is 0 Å². The monoisotopic (exact) mass is 267 g/mol. The van der Waals surface area contributed by atoms with Gasteiger partial charge in [0.15, 0.2) is 5.13 Å². The second-order valence-corrected chi connectivity index (χ2v) is 6.19. The molecule has 2 atom stereocenters. The third kappa shape index (κ3) is 2.15. The smallest absolute Gasteiger partial charge is 0.185 e. The van der Waals surface area contributed by atoms with Gasteiger partial charge in [0.2, 0.25) is 0 Å². The first-order chi connectivity index (χ1) is 8.81. The fraction of sp³-hybridized carbons (Fsp3) is 0.769. The van der Waals surface area contributed by atoms with Crippen LogP contribution in [0.3, 0.4) is 0 Å². The van der Waals surface area contributed by atoms with Crippen LogP contribution in [0.4, 0.5) is 5.13 Å². The van der Waals surface area contributed by atoms with Crippen molar-refractivity contribution in [3.05, 3.63) is 10.6 Å². The molecule has 0 bridgehead atoms. The van der Waals surface area contributed by atoms with Crippen LogP contribution in [0.25, 0.3) is 0 Å². The molecule has 1 fully saturated rings. The highest BCUT2D eigenvalue weighted by molar-refractivity contribution is 7.15. The summed E-state index contributed by atoms with van der Waals surface area (Å²) in [5.74, 6) is 0. The van der Waals surface area contributed by atoms with Gasteiger partial charge >= 0.3 is 0 Å². The van der Waals surface area contributed by atoms with E-state index in [4.69, 9.17) is 9.72 Å². The van der Waals surface area contributed by atoms with Crippen LogP contribution in [0.5, 0.6) is 0 Å². The Morgan fingerprint density at radius 2 is 2.33 bits per heavy atom. The lowest BCUT2D eigenvalue weighted by atomic mass is 9.98. The van der Waals surface area contributed by atoms with Gasteiger partial charge < -0.3 is 15.0 Å². The Kier molecular flexibility index (Phi) is 3.54. The number of aryl methyl sites for hydroxylation is 1. The summed E-state index contributed by atoms with van der Waals surface area (Å²) >= 11 is 1.88. The van der Waals surface area contributed by atoms with E-state index in [1.54, 1.807) is 7.11 Å². The normalized spacial score (nSPS) is 27.6. The predicted molar refractivity (Wildman–Crippen MR) is 74.5 cm³/mol. The van der Waals surface area contributed by atoms with Crippen molar-refractivity contribution in [1.82, 2.24) is 10.3 Å². The molecule has 1 aromatic heterocycles. The van der Waals surface area contributed by atoms with Crippen LogP contribution in [0, 0.1) is 0 Å². The first-order valence-corrected chi connectivity index (χ1v) is 7.58. The average molecular weight is 267 g/mol. The Balaban J connectivity index is 1.80. The van der Waals surface area contributed by atoms with Crippen molar-refractivity contribution >= 4 is 16.5 Å². The Labute approximate surface area is 112 Å². The number of hydrogen-bond donors (Lipinski definition) is 1. The van der Waals surface area contributed by atoms with Gasteiger partial charge in [-0.25, -0.2) is 4.98 Å². The predicted octanol–water partition coefficient (Wildman–Crippen LogP) is 1.97. The number of anilines is 1. The highest BCUT2D eigenvalue weighted by atomic mass is 32.1. The Morgan fingerprint density at radius 1 is 1.44 bits per heavy atom. The molecule has 2 heterocycles. The van der Waals surface area contributed by atoms with Crippen LogP contribution in [-0.4, -0.2) is 38.3 Å². The average Bonchev–Trinajstić information content (AvgIpc) is 3.03. The lowest BCUT2D eigenvalue weighted by Crippen LogP contribution is -2.23. The van der Waals surface area contributed by atoms with Gasteiger partial charge in [-0.3, -0.25) is 0 Å². The number of ether oxygens (including phenoxy) is 1. The molecule has 5 heteroatoms. The lowest BCUT2D eigenvalue weighted by Gasteiger charge is -2.19. The van der Waals surface area contributed by atoms with Gasteiger partial charge in [-0.05, 0) is 32.7 Å². The van der Waals surface area contributed by atoms with Crippen molar-refractivity contribution in [2.75, 3.05) is 32.1 Å². The van der Waals surface area contributed by atoms with Crippen LogP contribution in [-0.2, 0) is 11.2 Å². The first kappa shape index (κ1) is 12.4. The van der Waals surface area contributed by atoms with E-state index in [2.05, 4.69) is 10.2 Å². The fourth-order valence-electron chi connectivity index (χ4n) is 2.92. The summed E-state index contributed by atoms with van der Waals surface area (Å²) in [4.78, 5) is 8.74. The second-order valence-electron chi connectivity index (χ2n) is 5.13. The molecular formula is C13H21N3OS. The summed E-state index contributed by atoms with van der Waals surface area (Å²) in [7, 11) is 3.84. The van der Waals surface area contributed by atoms with E-state index in [1.165, 1.54) is 35.0 Å². The molecule has 0 radical (unpaired) electrons. The lowest BCUT2D eigenvalue weighted by molar-refractivity contribution is 0.121. The molecule has 2 aliphatic rings. The number of hydrogen-bond acceptors (Lipinski definition) is 5. The van der Waals surface area contributed by atoms with Crippen LogP contribution >= 0.6 is 11.3 Å². The van der Waals surface area contributed by atoms with E-state index in [-0.39, 0.29) is 0 Å². The van der Waals surface area contributed by atoms with E-state index in [0.717, 1.165) is 19.5 Å². The third-order valence-corrected chi connectivity index (χ3v) is 5.23. The van der Waals surface area contributed by atoms with Gasteiger partial charge in [0, 0.05) is 25.1 Å². The number of rotatable bonds is 3. The Morgan fingerprint density at radius 3 is 3.06 bits per heavy atom. The summed E-state index contributed by atoms with van der Waals surface area (Å²) in [6, 6.07) is 0.458. The zero-order valence-electron chi connectivity index (χ0n) is 11.1. The summed E-state index contributed by atoms with van der Waals surface area (Å²) in [5, 5.41) is 4.58. The molecule has 2 unspecified atom stereocenters. The number of aromatic nitrogens is 1. The highest BCUT2D eigenvalue weighted by Crippen LogP contribution is 2.37. The summed E-state index contributed by atoms with van der Waals surface area (Å²) in [5.41, 5.74) is 1.30. The highest BCUT2D eigenvalue weighted by Gasteiger charge is 2.28. The maximum Gasteiger partial charge on any atom is 0.185 e. The molecule has 0 saturated carbocycles. The Bertz CT molecular complexity index is 420. The number of nitrogens with zero attached hydrogens (tertiary/aromatic N) is 2. The molecule has 0 spiro atoms. The van der Waals surface area contributed by atoms with Gasteiger partial charge in [-0.15, -0.1) is 11.3 Å². The first-order valence-electron chi connectivity index (χ1n) is 6.76. The molecular weight excluding hydrogens is 246 g/mol. The molecule has 18 heavy (non-hydrogen) atoms. The van der Waals surface area contributed by atoms with Crippen molar-refractivity contribution in [3.8, 4) is 0 Å². The fourth-order valence-corrected chi connectivity index (χ4v) is 4.11. The van der Waals surface area contributed by atoms with E-state index in [9.17, 15) is 0 Å². The molecule has 100 valence electrons. The van der Waals surface area contributed by atoms with Crippen LogP contribution in [0.15, 0.2) is 0 Å². The zero-order chi connectivity index (χ0) is 12.5. The van der Waals surface area contributed by atoms with E-state index in [0.29, 0.717) is 12.1 Å². The minimum atomic E-state index is 0.381. The van der Waals surface area contributed by atoms with Crippen molar-refractivity contribution in [2.45, 2.75) is 37.8 Å². The number of nitrogens with one attached hydrogen (secondary N) is 1. The molecule has 1 aliphatic carbocycles. The van der Waals surface area contributed by atoms with Gasteiger partial charge in [0.05, 0.1) is 17.8 Å². The van der Waals surface area contributed by atoms with Crippen molar-refractivity contribution in [1.29, 1.82) is 0 Å². The van der Waals surface area contributed by atoms with Crippen molar-refractivity contribution in [2.24, 2.45) is 0 Å². The van der Waals surface area contributed by atoms with E-state index < -0.39 is 0 Å². The van der Waals surface area contributed by atoms with Crippen LogP contribution < -0.4 is 10.2 Å². The van der Waals surface area contributed by atoms with Crippen LogP contribution in [0.1, 0.15) is 35.9 Å². The molecule has 1 N–H and O–H groups in total. The van der Waals surface area contributed by atoms with Crippen molar-refractivity contribution in [3.63, 3.8) is 0 Å². The number of thiazole rings is 1. The van der Waals surface area contributed by atoms with Crippen molar-refractivity contribution < 1.29 is 4.74 Å². The van der Waals surface area contributed by atoms with E-state index >= 15 is 0 Å².